The summed E-state index contributed by atoms with van der Waals surface area (Å²) in [6.45, 7) is 0.905. The third-order valence-electron chi connectivity index (χ3n) is 4.62. The molecule has 2 aromatic heterocycles. The van der Waals surface area contributed by atoms with Gasteiger partial charge in [-0.25, -0.2) is 8.78 Å². The van der Waals surface area contributed by atoms with Gasteiger partial charge in [-0.1, -0.05) is 0 Å². The SMILES string of the molecule is Cn1ccc(-c2cc(-c3ccc(F)cc3)ncc2C2(F)CCNC2)n1. The molecule has 6 heteroatoms. The third-order valence-corrected chi connectivity index (χ3v) is 4.62. The van der Waals surface area contributed by atoms with Crippen LogP contribution in [0.2, 0.25) is 0 Å². The smallest absolute Gasteiger partial charge is 0.151 e. The van der Waals surface area contributed by atoms with Gasteiger partial charge in [0, 0.05) is 42.7 Å². The second-order valence-corrected chi connectivity index (χ2v) is 6.39. The summed E-state index contributed by atoms with van der Waals surface area (Å²) in [4.78, 5) is 4.44. The molecule has 4 nitrogen and oxygen atoms in total. The topological polar surface area (TPSA) is 42.7 Å². The summed E-state index contributed by atoms with van der Waals surface area (Å²) in [5.41, 5.74) is 1.96. The fraction of sp³-hybridized carbons (Fsp3) is 0.263. The lowest BCUT2D eigenvalue weighted by atomic mass is 9.90. The predicted molar refractivity (Wildman–Crippen MR) is 92.1 cm³/mol. The van der Waals surface area contributed by atoms with E-state index in [1.165, 1.54) is 12.1 Å². The van der Waals surface area contributed by atoms with E-state index < -0.39 is 5.67 Å². The first-order valence-corrected chi connectivity index (χ1v) is 8.21. The molecule has 1 saturated heterocycles. The van der Waals surface area contributed by atoms with Crippen molar-refractivity contribution in [1.82, 2.24) is 20.1 Å². The van der Waals surface area contributed by atoms with Crippen molar-refractivity contribution in [3.05, 3.63) is 60.2 Å². The Labute approximate surface area is 144 Å². The minimum atomic E-state index is -1.46. The van der Waals surface area contributed by atoms with Crippen LogP contribution in [-0.2, 0) is 12.7 Å². The molecule has 0 saturated carbocycles. The van der Waals surface area contributed by atoms with Gasteiger partial charge in [-0.3, -0.25) is 9.67 Å². The summed E-state index contributed by atoms with van der Waals surface area (Å²) in [6, 6.07) is 9.82. The predicted octanol–water partition coefficient (Wildman–Crippen LogP) is 3.45. The van der Waals surface area contributed by atoms with Crippen molar-refractivity contribution in [1.29, 1.82) is 0 Å². The monoisotopic (exact) mass is 340 g/mol. The Hall–Kier alpha value is -2.60. The van der Waals surface area contributed by atoms with E-state index in [0.29, 0.717) is 29.9 Å². The summed E-state index contributed by atoms with van der Waals surface area (Å²) >= 11 is 0. The zero-order chi connectivity index (χ0) is 17.4. The molecule has 0 aliphatic carbocycles. The van der Waals surface area contributed by atoms with E-state index in [9.17, 15) is 4.39 Å². The van der Waals surface area contributed by atoms with E-state index in [1.807, 2.05) is 25.4 Å². The molecule has 0 radical (unpaired) electrons. The van der Waals surface area contributed by atoms with Crippen LogP contribution in [0.4, 0.5) is 8.78 Å². The van der Waals surface area contributed by atoms with Gasteiger partial charge in [0.05, 0.1) is 11.4 Å². The number of hydrogen-bond donors (Lipinski definition) is 1. The first kappa shape index (κ1) is 15.9. The molecule has 1 atom stereocenters. The van der Waals surface area contributed by atoms with Gasteiger partial charge in [-0.2, -0.15) is 5.10 Å². The number of aryl methyl sites for hydroxylation is 1. The van der Waals surface area contributed by atoms with Crippen LogP contribution in [-0.4, -0.2) is 27.9 Å². The molecule has 0 spiro atoms. The molecule has 1 unspecified atom stereocenters. The number of pyridine rings is 1. The van der Waals surface area contributed by atoms with E-state index in [4.69, 9.17) is 0 Å². The Morgan fingerprint density at radius 1 is 1.16 bits per heavy atom. The Kier molecular flexibility index (Phi) is 3.84. The summed E-state index contributed by atoms with van der Waals surface area (Å²) in [5.74, 6) is -0.301. The first-order chi connectivity index (χ1) is 12.0. The van der Waals surface area contributed by atoms with Gasteiger partial charge in [-0.05, 0) is 49.4 Å². The normalized spacial score (nSPS) is 20.1. The first-order valence-electron chi connectivity index (χ1n) is 8.21. The molecule has 25 heavy (non-hydrogen) atoms. The highest BCUT2D eigenvalue weighted by molar-refractivity contribution is 5.71. The molecule has 4 rings (SSSR count). The molecule has 1 aliphatic heterocycles. The molecule has 1 N–H and O–H groups in total. The zero-order valence-corrected chi connectivity index (χ0v) is 13.8. The Morgan fingerprint density at radius 3 is 2.60 bits per heavy atom. The molecule has 3 aromatic rings. The Bertz CT molecular complexity index is 896. The summed E-state index contributed by atoms with van der Waals surface area (Å²) in [7, 11) is 1.83. The third kappa shape index (κ3) is 2.93. The molecule has 0 amide bonds. The van der Waals surface area contributed by atoms with Crippen LogP contribution in [0.25, 0.3) is 22.5 Å². The minimum Gasteiger partial charge on any atom is -0.313 e. The quantitative estimate of drug-likeness (QED) is 0.794. The van der Waals surface area contributed by atoms with Gasteiger partial charge in [-0.15, -0.1) is 0 Å². The maximum Gasteiger partial charge on any atom is 0.151 e. The second-order valence-electron chi connectivity index (χ2n) is 6.39. The second kappa shape index (κ2) is 6.04. The number of aromatic nitrogens is 3. The lowest BCUT2D eigenvalue weighted by molar-refractivity contribution is 0.193. The number of alkyl halides is 1. The number of halogens is 2. The van der Waals surface area contributed by atoms with E-state index in [0.717, 1.165) is 11.1 Å². The van der Waals surface area contributed by atoms with Crippen LogP contribution in [0.1, 0.15) is 12.0 Å². The Morgan fingerprint density at radius 2 is 1.96 bits per heavy atom. The highest BCUT2D eigenvalue weighted by Crippen LogP contribution is 2.39. The van der Waals surface area contributed by atoms with Crippen LogP contribution in [0.3, 0.4) is 0 Å². The van der Waals surface area contributed by atoms with E-state index >= 15 is 4.39 Å². The van der Waals surface area contributed by atoms with Crippen molar-refractivity contribution >= 4 is 0 Å². The molecule has 1 aliphatic rings. The minimum absolute atomic E-state index is 0.268. The largest absolute Gasteiger partial charge is 0.313 e. The molecular weight excluding hydrogens is 322 g/mol. The molecule has 128 valence electrons. The number of nitrogens with one attached hydrogen (secondary N) is 1. The van der Waals surface area contributed by atoms with Crippen LogP contribution in [0, 0.1) is 5.82 Å². The van der Waals surface area contributed by atoms with Crippen molar-refractivity contribution in [2.24, 2.45) is 7.05 Å². The lowest BCUT2D eigenvalue weighted by Crippen LogP contribution is -2.24. The Balaban J connectivity index is 1.86. The standard InChI is InChI=1S/C19H18F2N4/c1-25-9-6-17(24-25)15-10-18(13-2-4-14(20)5-3-13)23-11-16(15)19(21)7-8-22-12-19/h2-6,9-11,22H,7-8,12H2,1H3. The van der Waals surface area contributed by atoms with Gasteiger partial charge >= 0.3 is 0 Å². The molecule has 1 fully saturated rings. The highest BCUT2D eigenvalue weighted by atomic mass is 19.1. The number of benzene rings is 1. The van der Waals surface area contributed by atoms with Crippen molar-refractivity contribution in [2.75, 3.05) is 13.1 Å². The average Bonchev–Trinajstić information content (AvgIpc) is 3.24. The van der Waals surface area contributed by atoms with Crippen LogP contribution in [0.15, 0.2) is 48.8 Å². The van der Waals surface area contributed by atoms with Crippen LogP contribution >= 0.6 is 0 Å². The number of hydrogen-bond acceptors (Lipinski definition) is 3. The zero-order valence-electron chi connectivity index (χ0n) is 13.8. The van der Waals surface area contributed by atoms with Gasteiger partial charge in [0.2, 0.25) is 0 Å². The van der Waals surface area contributed by atoms with E-state index in [-0.39, 0.29) is 12.4 Å². The maximum atomic E-state index is 15.4. The van der Waals surface area contributed by atoms with Crippen molar-refractivity contribution in [3.8, 4) is 22.5 Å². The van der Waals surface area contributed by atoms with E-state index in [2.05, 4.69) is 15.4 Å². The summed E-state index contributed by atoms with van der Waals surface area (Å²) in [5, 5.41) is 7.51. The fourth-order valence-corrected chi connectivity index (χ4v) is 3.25. The van der Waals surface area contributed by atoms with Crippen molar-refractivity contribution in [3.63, 3.8) is 0 Å². The fourth-order valence-electron chi connectivity index (χ4n) is 3.25. The summed E-state index contributed by atoms with van der Waals surface area (Å²) in [6.07, 6.45) is 3.83. The van der Waals surface area contributed by atoms with Crippen molar-refractivity contribution in [2.45, 2.75) is 12.1 Å². The lowest BCUT2D eigenvalue weighted by Gasteiger charge is -2.22. The van der Waals surface area contributed by atoms with E-state index in [1.54, 1.807) is 23.0 Å². The average molecular weight is 340 g/mol. The van der Waals surface area contributed by atoms with Crippen LogP contribution < -0.4 is 5.32 Å². The van der Waals surface area contributed by atoms with Gasteiger partial charge < -0.3 is 5.32 Å². The molecule has 0 bridgehead atoms. The van der Waals surface area contributed by atoms with Crippen molar-refractivity contribution < 1.29 is 8.78 Å². The maximum absolute atomic E-state index is 15.4. The molecule has 1 aromatic carbocycles. The van der Waals surface area contributed by atoms with Crippen LogP contribution in [0.5, 0.6) is 0 Å². The van der Waals surface area contributed by atoms with Gasteiger partial charge in [0.25, 0.3) is 0 Å². The van der Waals surface area contributed by atoms with Gasteiger partial charge in [0.1, 0.15) is 5.82 Å². The van der Waals surface area contributed by atoms with Gasteiger partial charge in [0.15, 0.2) is 5.67 Å². The number of rotatable bonds is 3. The number of nitrogens with zero attached hydrogens (tertiary/aromatic N) is 3. The summed E-state index contributed by atoms with van der Waals surface area (Å²) < 4.78 is 30.3. The molecular formula is C19H18F2N4. The molecule has 3 heterocycles. The highest BCUT2D eigenvalue weighted by Gasteiger charge is 2.38.